The van der Waals surface area contributed by atoms with Gasteiger partial charge in [-0.1, -0.05) is 0 Å². The van der Waals surface area contributed by atoms with E-state index in [1.165, 1.54) is 25.7 Å². The zero-order chi connectivity index (χ0) is 9.47. The molecular formula is C11H19NO. The minimum Gasteiger partial charge on any atom is -0.314 e. The lowest BCUT2D eigenvalue weighted by molar-refractivity contribution is -0.127. The predicted octanol–water partition coefficient (Wildman–Crippen LogP) is 1.74. The molecule has 1 N–H and O–H groups in total. The Hall–Kier alpha value is -0.370. The topological polar surface area (TPSA) is 29.1 Å². The van der Waals surface area contributed by atoms with Crippen LogP contribution < -0.4 is 5.32 Å². The molecule has 0 heterocycles. The second kappa shape index (κ2) is 3.09. The molecule has 0 amide bonds. The molecule has 74 valence electrons. The van der Waals surface area contributed by atoms with Crippen molar-refractivity contribution in [2.24, 2.45) is 11.8 Å². The number of carbonyl (C=O) groups is 1. The van der Waals surface area contributed by atoms with Crippen molar-refractivity contribution in [3.8, 4) is 0 Å². The molecule has 0 spiro atoms. The SMILES string of the molecule is CNC12CCC(CC1)CC2C(C)=O. The first kappa shape index (κ1) is 9.20. The van der Waals surface area contributed by atoms with Crippen molar-refractivity contribution in [1.82, 2.24) is 5.32 Å². The maximum absolute atomic E-state index is 11.5. The molecule has 1 unspecified atom stereocenters. The van der Waals surface area contributed by atoms with Gasteiger partial charge in [0.2, 0.25) is 0 Å². The van der Waals surface area contributed by atoms with Crippen LogP contribution in [0.5, 0.6) is 0 Å². The van der Waals surface area contributed by atoms with E-state index in [2.05, 4.69) is 5.32 Å². The summed E-state index contributed by atoms with van der Waals surface area (Å²) >= 11 is 0. The number of rotatable bonds is 2. The van der Waals surface area contributed by atoms with Crippen molar-refractivity contribution < 1.29 is 4.79 Å². The van der Waals surface area contributed by atoms with Crippen LogP contribution in [0.3, 0.4) is 0 Å². The average molecular weight is 181 g/mol. The summed E-state index contributed by atoms with van der Waals surface area (Å²) in [5.74, 6) is 1.52. The summed E-state index contributed by atoms with van der Waals surface area (Å²) in [6, 6.07) is 0. The summed E-state index contributed by atoms with van der Waals surface area (Å²) in [6.45, 7) is 1.75. The number of nitrogens with one attached hydrogen (secondary N) is 1. The Kier molecular flexibility index (Phi) is 2.18. The lowest BCUT2D eigenvalue weighted by atomic mass is 9.59. The van der Waals surface area contributed by atoms with Gasteiger partial charge in [0.15, 0.2) is 0 Å². The Morgan fingerprint density at radius 2 is 2.00 bits per heavy atom. The van der Waals surface area contributed by atoms with Crippen LogP contribution in [0.1, 0.15) is 39.0 Å². The molecular weight excluding hydrogens is 162 g/mol. The van der Waals surface area contributed by atoms with Gasteiger partial charge in [-0.25, -0.2) is 0 Å². The highest BCUT2D eigenvalue weighted by Gasteiger charge is 2.48. The molecule has 0 saturated heterocycles. The van der Waals surface area contributed by atoms with Gasteiger partial charge < -0.3 is 5.32 Å². The van der Waals surface area contributed by atoms with Crippen molar-refractivity contribution >= 4 is 5.78 Å². The quantitative estimate of drug-likeness (QED) is 0.703. The normalized spacial score (nSPS) is 43.5. The Balaban J connectivity index is 2.23. The molecule has 0 aromatic carbocycles. The van der Waals surface area contributed by atoms with Gasteiger partial charge in [-0.15, -0.1) is 0 Å². The largest absolute Gasteiger partial charge is 0.314 e. The number of Topliss-reactive ketones (excluding diaryl/α,β-unsaturated/α-hetero) is 1. The molecule has 0 aromatic heterocycles. The van der Waals surface area contributed by atoms with Crippen molar-refractivity contribution in [2.75, 3.05) is 7.05 Å². The Morgan fingerprint density at radius 3 is 2.38 bits per heavy atom. The van der Waals surface area contributed by atoms with E-state index in [9.17, 15) is 4.79 Å². The summed E-state index contributed by atoms with van der Waals surface area (Å²) in [5.41, 5.74) is 0.167. The minimum absolute atomic E-state index is 0.167. The van der Waals surface area contributed by atoms with Gasteiger partial charge in [0.05, 0.1) is 0 Å². The highest BCUT2D eigenvalue weighted by Crippen LogP contribution is 2.47. The smallest absolute Gasteiger partial charge is 0.134 e. The lowest BCUT2D eigenvalue weighted by Gasteiger charge is -2.51. The molecule has 3 aliphatic carbocycles. The molecule has 0 aliphatic heterocycles. The van der Waals surface area contributed by atoms with Gasteiger partial charge in [-0.2, -0.15) is 0 Å². The maximum atomic E-state index is 11.5. The first-order valence-corrected chi connectivity index (χ1v) is 5.37. The first-order chi connectivity index (χ1) is 6.18. The van der Waals surface area contributed by atoms with E-state index in [1.54, 1.807) is 6.92 Å². The molecule has 3 saturated carbocycles. The minimum atomic E-state index is 0.167. The van der Waals surface area contributed by atoms with E-state index in [4.69, 9.17) is 0 Å². The van der Waals surface area contributed by atoms with E-state index < -0.39 is 0 Å². The van der Waals surface area contributed by atoms with Crippen LogP contribution in [0.15, 0.2) is 0 Å². The van der Waals surface area contributed by atoms with Crippen LogP contribution in [0.25, 0.3) is 0 Å². The molecule has 0 aromatic rings. The van der Waals surface area contributed by atoms with Crippen molar-refractivity contribution in [2.45, 2.75) is 44.6 Å². The summed E-state index contributed by atoms with van der Waals surface area (Å²) in [4.78, 5) is 11.5. The zero-order valence-electron chi connectivity index (χ0n) is 8.60. The van der Waals surface area contributed by atoms with Crippen molar-refractivity contribution in [1.29, 1.82) is 0 Å². The number of carbonyl (C=O) groups excluding carboxylic acids is 1. The summed E-state index contributed by atoms with van der Waals surface area (Å²) < 4.78 is 0. The Morgan fingerprint density at radius 1 is 1.38 bits per heavy atom. The molecule has 13 heavy (non-hydrogen) atoms. The van der Waals surface area contributed by atoms with Crippen LogP contribution in [0.2, 0.25) is 0 Å². The molecule has 2 bridgehead atoms. The molecule has 3 aliphatic rings. The molecule has 0 radical (unpaired) electrons. The van der Waals surface area contributed by atoms with Crippen LogP contribution >= 0.6 is 0 Å². The summed E-state index contributed by atoms with van der Waals surface area (Å²) in [5, 5.41) is 3.42. The predicted molar refractivity (Wildman–Crippen MR) is 52.5 cm³/mol. The van der Waals surface area contributed by atoms with E-state index in [-0.39, 0.29) is 5.54 Å². The first-order valence-electron chi connectivity index (χ1n) is 5.37. The van der Waals surface area contributed by atoms with Crippen LogP contribution in [-0.2, 0) is 4.79 Å². The molecule has 1 atom stereocenters. The third kappa shape index (κ3) is 1.32. The van der Waals surface area contributed by atoms with E-state index in [1.807, 2.05) is 7.05 Å². The fourth-order valence-corrected chi connectivity index (χ4v) is 3.32. The second-order valence-corrected chi connectivity index (χ2v) is 4.75. The molecule has 2 nitrogen and oxygen atoms in total. The number of hydrogen-bond acceptors (Lipinski definition) is 2. The Bertz CT molecular complexity index is 216. The third-order valence-electron chi connectivity index (χ3n) is 4.22. The maximum Gasteiger partial charge on any atom is 0.134 e. The van der Waals surface area contributed by atoms with Gasteiger partial charge in [-0.05, 0) is 52.0 Å². The van der Waals surface area contributed by atoms with Crippen LogP contribution in [0.4, 0.5) is 0 Å². The standard InChI is InChI=1S/C11H19NO/c1-8(13)10-7-9-3-5-11(10,12-2)6-4-9/h9-10,12H,3-7H2,1-2H3. The van der Waals surface area contributed by atoms with Gasteiger partial charge in [0.25, 0.3) is 0 Å². The van der Waals surface area contributed by atoms with Crippen LogP contribution in [0, 0.1) is 11.8 Å². The lowest BCUT2D eigenvalue weighted by Crippen LogP contribution is -2.58. The fraction of sp³-hybridized carbons (Fsp3) is 0.909. The summed E-state index contributed by atoms with van der Waals surface area (Å²) in [6.07, 6.45) is 6.20. The fourth-order valence-electron chi connectivity index (χ4n) is 3.32. The van der Waals surface area contributed by atoms with Gasteiger partial charge in [0, 0.05) is 11.5 Å². The number of ketones is 1. The van der Waals surface area contributed by atoms with E-state index in [0.29, 0.717) is 11.7 Å². The molecule has 3 fully saturated rings. The van der Waals surface area contributed by atoms with E-state index in [0.717, 1.165) is 12.3 Å². The Labute approximate surface area is 80.1 Å². The third-order valence-corrected chi connectivity index (χ3v) is 4.22. The average Bonchev–Trinajstić information content (AvgIpc) is 2.19. The van der Waals surface area contributed by atoms with Gasteiger partial charge >= 0.3 is 0 Å². The second-order valence-electron chi connectivity index (χ2n) is 4.75. The van der Waals surface area contributed by atoms with E-state index >= 15 is 0 Å². The number of hydrogen-bond donors (Lipinski definition) is 1. The van der Waals surface area contributed by atoms with Crippen molar-refractivity contribution in [3.63, 3.8) is 0 Å². The highest BCUT2D eigenvalue weighted by molar-refractivity contribution is 5.80. The molecule has 2 heteroatoms. The van der Waals surface area contributed by atoms with Gasteiger partial charge in [-0.3, -0.25) is 4.79 Å². The van der Waals surface area contributed by atoms with Gasteiger partial charge in [0.1, 0.15) is 5.78 Å². The monoisotopic (exact) mass is 181 g/mol. The number of fused-ring (bicyclic) bond motifs is 3. The zero-order valence-corrected chi connectivity index (χ0v) is 8.60. The highest BCUT2D eigenvalue weighted by atomic mass is 16.1. The molecule has 3 rings (SSSR count). The summed E-state index contributed by atoms with van der Waals surface area (Å²) in [7, 11) is 2.02. The van der Waals surface area contributed by atoms with Crippen LogP contribution in [-0.4, -0.2) is 18.4 Å². The van der Waals surface area contributed by atoms with Crippen molar-refractivity contribution in [3.05, 3.63) is 0 Å².